The zero-order valence-electron chi connectivity index (χ0n) is 4.26. The van der Waals surface area contributed by atoms with E-state index in [4.69, 9.17) is 0 Å². The minimum absolute atomic E-state index is 0.153. The van der Waals surface area contributed by atoms with Gasteiger partial charge in [-0.05, 0) is 0 Å². The van der Waals surface area contributed by atoms with Crippen molar-refractivity contribution in [3.05, 3.63) is 0 Å². The molecule has 0 aliphatic carbocycles. The van der Waals surface area contributed by atoms with Gasteiger partial charge in [-0.2, -0.15) is 0 Å². The third kappa shape index (κ3) is 1.81. The van der Waals surface area contributed by atoms with Crippen LogP contribution >= 0.6 is 11.8 Å². The van der Waals surface area contributed by atoms with Crippen LogP contribution in [0.4, 0.5) is 0 Å². The summed E-state index contributed by atoms with van der Waals surface area (Å²) in [7, 11) is 0. The van der Waals surface area contributed by atoms with Crippen molar-refractivity contribution in [2.45, 2.75) is 4.13 Å². The van der Waals surface area contributed by atoms with E-state index in [0.29, 0.717) is 0 Å². The summed E-state index contributed by atoms with van der Waals surface area (Å²) in [5, 5.41) is 0. The molecule has 0 amide bonds. The summed E-state index contributed by atoms with van der Waals surface area (Å²) < 4.78 is 5.51. The molecule has 0 aromatic carbocycles. The van der Waals surface area contributed by atoms with Crippen molar-refractivity contribution in [3.63, 3.8) is 0 Å². The SMILES string of the molecule is [CH2]=[Bi][CH2]C1CSC1. The first-order chi connectivity index (χ1) is 3.43. The summed E-state index contributed by atoms with van der Waals surface area (Å²) in [6, 6.07) is 0. The Morgan fingerprint density at radius 1 is 1.71 bits per heavy atom. The molecule has 0 aromatic rings. The normalized spacial score (nSPS) is 21.1. The maximum atomic E-state index is 3.98. The predicted molar refractivity (Wildman–Crippen MR) is 38.5 cm³/mol. The Bertz CT molecular complexity index is 68.5. The summed E-state index contributed by atoms with van der Waals surface area (Å²) in [5.41, 5.74) is 0. The Labute approximate surface area is 60.1 Å². The molecule has 1 rings (SSSR count). The zero-order chi connectivity index (χ0) is 5.11. The number of hydrogen-bond acceptors (Lipinski definition) is 1. The molecule has 1 aliphatic rings. The molecule has 7 heavy (non-hydrogen) atoms. The Morgan fingerprint density at radius 2 is 2.43 bits per heavy atom. The maximum absolute atomic E-state index is 3.98. The van der Waals surface area contributed by atoms with Gasteiger partial charge in [-0.1, -0.05) is 0 Å². The monoisotopic (exact) mass is 310 g/mol. The van der Waals surface area contributed by atoms with Gasteiger partial charge < -0.3 is 0 Å². The molecule has 1 fully saturated rings. The van der Waals surface area contributed by atoms with E-state index < -0.39 is 0 Å². The summed E-state index contributed by atoms with van der Waals surface area (Å²) in [5.74, 6) is 4.00. The summed E-state index contributed by atoms with van der Waals surface area (Å²) in [4.78, 5) is 0. The average molecular weight is 310 g/mol. The molecule has 0 spiro atoms. The second-order valence-corrected chi connectivity index (χ2v) is 6.04. The van der Waals surface area contributed by atoms with Crippen LogP contribution in [-0.2, 0) is 0 Å². The molecule has 0 atom stereocenters. The van der Waals surface area contributed by atoms with E-state index in [1.165, 1.54) is 15.6 Å². The van der Waals surface area contributed by atoms with Gasteiger partial charge in [0.05, 0.1) is 0 Å². The van der Waals surface area contributed by atoms with Crippen LogP contribution in [0.25, 0.3) is 0 Å². The molecule has 0 N–H and O–H groups in total. The molecule has 0 unspecified atom stereocenters. The summed E-state index contributed by atoms with van der Waals surface area (Å²) >= 11 is 1.93. The fraction of sp³-hybridized carbons (Fsp3) is 0.800. The molecule has 1 aliphatic heterocycles. The van der Waals surface area contributed by atoms with Gasteiger partial charge in [0.25, 0.3) is 0 Å². The fourth-order valence-corrected chi connectivity index (χ4v) is 5.23. The molecule has 0 saturated carbocycles. The van der Waals surface area contributed by atoms with Crippen LogP contribution in [0.3, 0.4) is 0 Å². The molecule has 0 bridgehead atoms. The Kier molecular flexibility index (Phi) is 2.84. The number of hydrogen-bond donors (Lipinski definition) is 0. The molecule has 40 valence electrons. The van der Waals surface area contributed by atoms with Gasteiger partial charge in [0.2, 0.25) is 0 Å². The molecule has 2 heteroatoms. The molecule has 1 heterocycles. The Balaban J connectivity index is 2.03. The molecule has 0 radical (unpaired) electrons. The van der Waals surface area contributed by atoms with Crippen molar-refractivity contribution >= 4 is 38.7 Å². The van der Waals surface area contributed by atoms with E-state index in [1.807, 2.05) is 0 Å². The van der Waals surface area contributed by atoms with Crippen molar-refractivity contribution in [2.24, 2.45) is 5.92 Å². The molecular weight excluding hydrogens is 301 g/mol. The van der Waals surface area contributed by atoms with E-state index in [1.54, 1.807) is 0 Å². The van der Waals surface area contributed by atoms with Gasteiger partial charge in [0, 0.05) is 0 Å². The van der Waals surface area contributed by atoms with Gasteiger partial charge in [-0.3, -0.25) is 0 Å². The molecule has 0 aromatic heterocycles. The third-order valence-corrected chi connectivity index (χ3v) is 5.52. The predicted octanol–water partition coefficient (Wildman–Crippen LogP) is 0.904. The van der Waals surface area contributed by atoms with Gasteiger partial charge in [0.1, 0.15) is 0 Å². The van der Waals surface area contributed by atoms with E-state index in [9.17, 15) is 0 Å². The van der Waals surface area contributed by atoms with Crippen LogP contribution < -0.4 is 0 Å². The van der Waals surface area contributed by atoms with Crippen LogP contribution in [0.15, 0.2) is 0 Å². The van der Waals surface area contributed by atoms with E-state index in [0.717, 1.165) is 5.92 Å². The molecule has 0 nitrogen and oxygen atoms in total. The standard InChI is InChI=1S/C4H7S.CH2.Bi/c1-4-2-5-3-4;;/h4H,1-3H2;1H2;. The van der Waals surface area contributed by atoms with E-state index in [2.05, 4.69) is 16.0 Å². The van der Waals surface area contributed by atoms with Crippen molar-refractivity contribution in [3.8, 4) is 0 Å². The van der Waals surface area contributed by atoms with Gasteiger partial charge in [-0.25, -0.2) is 0 Å². The van der Waals surface area contributed by atoms with Crippen LogP contribution in [0.1, 0.15) is 0 Å². The van der Waals surface area contributed by atoms with E-state index in [-0.39, 0.29) is 22.8 Å². The average Bonchev–Trinajstić information content (AvgIpc) is 1.55. The third-order valence-electron chi connectivity index (χ3n) is 1.09. The quantitative estimate of drug-likeness (QED) is 0.683. The van der Waals surface area contributed by atoms with Crippen molar-refractivity contribution in [1.82, 2.24) is 0 Å². The fourth-order valence-electron chi connectivity index (χ4n) is 0.573. The topological polar surface area (TPSA) is 0 Å². The Morgan fingerprint density at radius 3 is 2.57 bits per heavy atom. The first-order valence-corrected chi connectivity index (χ1v) is 8.51. The Hall–Kier alpha value is 1.10. The number of thioether (sulfide) groups is 1. The van der Waals surface area contributed by atoms with Gasteiger partial charge in [-0.15, -0.1) is 0 Å². The first-order valence-electron chi connectivity index (χ1n) is 2.43. The van der Waals surface area contributed by atoms with Crippen molar-refractivity contribution < 1.29 is 0 Å². The van der Waals surface area contributed by atoms with Crippen LogP contribution in [-0.4, -0.2) is 38.5 Å². The van der Waals surface area contributed by atoms with Gasteiger partial charge in [0.15, 0.2) is 0 Å². The van der Waals surface area contributed by atoms with Crippen molar-refractivity contribution in [2.75, 3.05) is 11.5 Å². The number of rotatable bonds is 2. The minimum atomic E-state index is -0.153. The second-order valence-electron chi connectivity index (χ2n) is 1.81. The zero-order valence-corrected chi connectivity index (χ0v) is 8.55. The second kappa shape index (κ2) is 3.19. The van der Waals surface area contributed by atoms with Crippen LogP contribution in [0.5, 0.6) is 0 Å². The van der Waals surface area contributed by atoms with Gasteiger partial charge >= 0.3 is 60.3 Å². The molecule has 1 saturated heterocycles. The van der Waals surface area contributed by atoms with E-state index >= 15 is 0 Å². The summed E-state index contributed by atoms with van der Waals surface area (Å²) in [6.45, 7) is 0. The molecular formula is C5H9BiS. The van der Waals surface area contributed by atoms with Crippen LogP contribution in [0.2, 0.25) is 4.13 Å². The summed E-state index contributed by atoms with van der Waals surface area (Å²) in [6.07, 6.45) is 0. The van der Waals surface area contributed by atoms with Crippen molar-refractivity contribution in [1.29, 1.82) is 0 Å². The first kappa shape index (κ1) is 6.23. The van der Waals surface area contributed by atoms with Crippen LogP contribution in [0, 0.1) is 5.92 Å².